The Morgan fingerprint density at radius 1 is 0.846 bits per heavy atom. The fourth-order valence-electron chi connectivity index (χ4n) is 3.86. The van der Waals surface area contributed by atoms with Crippen LogP contribution in [0.1, 0.15) is 58.1 Å². The number of hydrogen-bond donors (Lipinski definition) is 0. The van der Waals surface area contributed by atoms with E-state index < -0.39 is 0 Å². The summed E-state index contributed by atoms with van der Waals surface area (Å²) in [6.45, 7) is 11.2. The Bertz CT molecular complexity index is 884. The summed E-state index contributed by atoms with van der Waals surface area (Å²) in [7, 11) is 0. The van der Waals surface area contributed by atoms with Gasteiger partial charge in [-0.05, 0) is 22.3 Å². The second kappa shape index (κ2) is 8.48. The van der Waals surface area contributed by atoms with Gasteiger partial charge in [-0.1, -0.05) is 48.5 Å². The quantitative estimate of drug-likeness (QED) is 0.312. The second-order valence-electron chi connectivity index (χ2n) is 7.41. The fraction of sp³-hybridized carbons (Fsp3) is 0.280. The van der Waals surface area contributed by atoms with E-state index in [-0.39, 0.29) is 21.9 Å². The molecule has 0 fully saturated rings. The van der Waals surface area contributed by atoms with Crippen LogP contribution in [-0.2, 0) is 21.9 Å². The van der Waals surface area contributed by atoms with Crippen molar-refractivity contribution >= 4 is 6.51 Å². The van der Waals surface area contributed by atoms with Gasteiger partial charge in [0.15, 0.2) is 0 Å². The molecule has 0 saturated heterocycles. The zero-order valence-electron chi connectivity index (χ0n) is 16.5. The van der Waals surface area contributed by atoms with Gasteiger partial charge in [-0.25, -0.2) is 11.1 Å². The molecule has 0 N–H and O–H groups in total. The number of allylic oxidation sites excluding steroid dienone is 4. The van der Waals surface area contributed by atoms with Gasteiger partial charge < -0.3 is 0 Å². The Hall–Kier alpha value is -1.47. The first kappa shape index (κ1) is 19.3. The van der Waals surface area contributed by atoms with Crippen LogP contribution in [0.25, 0.3) is 11.1 Å². The van der Waals surface area contributed by atoms with Crippen molar-refractivity contribution in [3.63, 3.8) is 0 Å². The van der Waals surface area contributed by atoms with Crippen molar-refractivity contribution in [3.8, 4) is 11.1 Å². The van der Waals surface area contributed by atoms with E-state index in [1.807, 2.05) is 0 Å². The van der Waals surface area contributed by atoms with Crippen molar-refractivity contribution < 1.29 is 21.9 Å². The number of hydrogen-bond acceptors (Lipinski definition) is 0. The summed E-state index contributed by atoms with van der Waals surface area (Å²) in [6.07, 6.45) is 6.79. The van der Waals surface area contributed by atoms with Gasteiger partial charge in [0.05, 0.1) is 0 Å². The molecule has 26 heavy (non-hydrogen) atoms. The van der Waals surface area contributed by atoms with Gasteiger partial charge in [0.25, 0.3) is 0 Å². The molecule has 0 atom stereocenters. The molecule has 2 aromatic rings. The minimum absolute atomic E-state index is 0.318. The molecule has 0 amide bonds. The Morgan fingerprint density at radius 3 is 1.73 bits per heavy atom. The maximum absolute atomic E-state index is 3.55. The molecule has 0 nitrogen and oxygen atoms in total. The third-order valence-electron chi connectivity index (χ3n) is 4.75. The minimum atomic E-state index is -0.318. The van der Waals surface area contributed by atoms with E-state index in [2.05, 4.69) is 95.3 Å². The van der Waals surface area contributed by atoms with Crippen molar-refractivity contribution in [2.45, 2.75) is 47.0 Å². The molecule has 0 saturated carbocycles. The molecule has 0 heterocycles. The third kappa shape index (κ3) is 4.09. The molecule has 132 valence electrons. The normalized spacial score (nSPS) is 14.3. The van der Waals surface area contributed by atoms with Crippen LogP contribution in [0.2, 0.25) is 0 Å². The Kier molecular flexibility index (Phi) is 6.29. The van der Waals surface area contributed by atoms with E-state index in [1.165, 1.54) is 33.4 Å². The monoisotopic (exact) mass is 507 g/mol. The van der Waals surface area contributed by atoms with Crippen molar-refractivity contribution in [1.29, 1.82) is 0 Å². The molecule has 0 aromatic heterocycles. The van der Waals surface area contributed by atoms with Gasteiger partial charge in [0, 0.05) is 5.92 Å². The summed E-state index contributed by atoms with van der Waals surface area (Å²) in [4.78, 5) is 0. The van der Waals surface area contributed by atoms with Crippen LogP contribution in [-0.4, -0.2) is 6.51 Å². The first-order chi connectivity index (χ1) is 12.5. The Labute approximate surface area is 169 Å². The van der Waals surface area contributed by atoms with Gasteiger partial charge in [-0.15, -0.1) is 13.3 Å². The molecular weight excluding hydrogens is 479 g/mol. The molecule has 0 aliphatic heterocycles. The Balaban J connectivity index is 0.000000242. The fourth-order valence-corrected chi connectivity index (χ4v) is 7.45. The van der Waals surface area contributed by atoms with Crippen LogP contribution in [0, 0.1) is 6.08 Å². The van der Waals surface area contributed by atoms with Gasteiger partial charge in [0.2, 0.25) is 0 Å². The first-order valence-electron chi connectivity index (χ1n) is 9.32. The van der Waals surface area contributed by atoms with Gasteiger partial charge >= 0.3 is 56.1 Å². The zero-order valence-corrected chi connectivity index (χ0v) is 20.1. The maximum atomic E-state index is 3.55. The molecule has 0 spiro atoms. The second-order valence-corrected chi connectivity index (χ2v) is 15.5. The molecule has 2 aromatic carbocycles. The number of benzene rings is 2. The SMILES string of the molecule is CC1=CC[C-]=C1C1c2ccccc2-c2ccccc21.C[C](C)=[Hf]=[C](C)C. The summed E-state index contributed by atoms with van der Waals surface area (Å²) < 4.78 is 3.39. The average molecular weight is 506 g/mol. The predicted octanol–water partition coefficient (Wildman–Crippen LogP) is 6.37. The van der Waals surface area contributed by atoms with Crippen molar-refractivity contribution in [3.05, 3.63) is 83.0 Å². The molecule has 4 rings (SSSR count). The summed E-state index contributed by atoms with van der Waals surface area (Å²) in [6, 6.07) is 17.6. The van der Waals surface area contributed by atoms with Gasteiger partial charge in [-0.2, -0.15) is 6.08 Å². The van der Waals surface area contributed by atoms with E-state index >= 15 is 0 Å². The van der Waals surface area contributed by atoms with Crippen LogP contribution in [0.3, 0.4) is 0 Å². The number of rotatable bonds is 1. The van der Waals surface area contributed by atoms with Crippen LogP contribution < -0.4 is 0 Å². The van der Waals surface area contributed by atoms with E-state index in [0.717, 1.165) is 6.42 Å². The van der Waals surface area contributed by atoms with Crippen molar-refractivity contribution in [2.24, 2.45) is 0 Å². The first-order valence-corrected chi connectivity index (χ1v) is 12.9. The predicted molar refractivity (Wildman–Crippen MR) is 112 cm³/mol. The standard InChI is InChI=1S/C19H15.2C3H6.Hf/c1-13-7-6-12-14(13)19-17-10-4-2-8-15(17)16-9-3-5-11-18(16)19;2*1-3-2;/h2-5,7-11,19H,6H2,1H3;2*1-2H3;/q-1;;;. The summed E-state index contributed by atoms with van der Waals surface area (Å²) >= 11 is -0.318. The van der Waals surface area contributed by atoms with Crippen LogP contribution in [0.4, 0.5) is 0 Å². The van der Waals surface area contributed by atoms with Gasteiger partial charge in [0.1, 0.15) is 0 Å². The van der Waals surface area contributed by atoms with Crippen LogP contribution in [0.5, 0.6) is 0 Å². The van der Waals surface area contributed by atoms with E-state index in [0.29, 0.717) is 5.92 Å². The summed E-state index contributed by atoms with van der Waals surface area (Å²) in [5.41, 5.74) is 8.39. The molecule has 0 unspecified atom stereocenters. The molecular formula is C25H27Hf-. The topological polar surface area (TPSA) is 0 Å². The average Bonchev–Trinajstić information content (AvgIpc) is 3.15. The van der Waals surface area contributed by atoms with Crippen LogP contribution >= 0.6 is 0 Å². The van der Waals surface area contributed by atoms with E-state index in [1.54, 1.807) is 6.51 Å². The van der Waals surface area contributed by atoms with Gasteiger partial charge in [-0.3, -0.25) is 6.08 Å². The van der Waals surface area contributed by atoms with E-state index in [9.17, 15) is 0 Å². The molecule has 2 aliphatic carbocycles. The third-order valence-corrected chi connectivity index (χ3v) is 8.34. The molecule has 2 aliphatic rings. The summed E-state index contributed by atoms with van der Waals surface area (Å²) in [5, 5.41) is 0. The molecule has 0 bridgehead atoms. The van der Waals surface area contributed by atoms with Crippen molar-refractivity contribution in [1.82, 2.24) is 0 Å². The summed E-state index contributed by atoms with van der Waals surface area (Å²) in [5.74, 6) is 0.381. The Morgan fingerprint density at radius 2 is 1.35 bits per heavy atom. The van der Waals surface area contributed by atoms with Crippen molar-refractivity contribution in [2.75, 3.05) is 0 Å². The van der Waals surface area contributed by atoms with Crippen LogP contribution in [0.15, 0.2) is 65.8 Å². The molecule has 0 radical (unpaired) electrons. The zero-order chi connectivity index (χ0) is 18.7. The number of fused-ring (bicyclic) bond motifs is 3. The van der Waals surface area contributed by atoms with E-state index in [4.69, 9.17) is 0 Å². The molecule has 1 heteroatoms.